The summed E-state index contributed by atoms with van der Waals surface area (Å²) in [7, 11) is 1.55. The number of ether oxygens (including phenoxy) is 1. The van der Waals surface area contributed by atoms with Crippen molar-refractivity contribution >= 4 is 29.1 Å². The Morgan fingerprint density at radius 2 is 1.70 bits per heavy atom. The standard InChI is InChI=1S/C24H23N5O4/c1-33-18-5-2-4-17(14-18)29-22-19(21(26-29)23(25)31)11-13-28(24(22)32)16-9-7-15(8-10-16)27-12-3-6-20(27)30/h2,4-5,7-10,14H,3,6,11-13H2,1H3,(H2,25,31). The number of nitrogens with two attached hydrogens (primary N) is 1. The summed E-state index contributed by atoms with van der Waals surface area (Å²) in [6, 6.07) is 14.5. The monoisotopic (exact) mass is 445 g/mol. The van der Waals surface area contributed by atoms with Crippen molar-refractivity contribution < 1.29 is 19.1 Å². The highest BCUT2D eigenvalue weighted by Gasteiger charge is 2.34. The number of hydrogen-bond acceptors (Lipinski definition) is 5. The van der Waals surface area contributed by atoms with Crippen LogP contribution >= 0.6 is 0 Å². The molecule has 0 unspecified atom stereocenters. The van der Waals surface area contributed by atoms with Crippen LogP contribution in [0.25, 0.3) is 5.69 Å². The van der Waals surface area contributed by atoms with Crippen molar-refractivity contribution in [3.63, 3.8) is 0 Å². The van der Waals surface area contributed by atoms with E-state index in [1.807, 2.05) is 24.3 Å². The van der Waals surface area contributed by atoms with Gasteiger partial charge in [-0.05, 0) is 49.2 Å². The molecule has 1 aromatic heterocycles. The molecule has 2 aliphatic heterocycles. The molecule has 3 aromatic rings. The van der Waals surface area contributed by atoms with E-state index >= 15 is 0 Å². The van der Waals surface area contributed by atoms with E-state index in [0.29, 0.717) is 54.3 Å². The summed E-state index contributed by atoms with van der Waals surface area (Å²) in [4.78, 5) is 41.1. The second kappa shape index (κ2) is 8.09. The van der Waals surface area contributed by atoms with Gasteiger partial charge in [0.05, 0.1) is 12.8 Å². The van der Waals surface area contributed by atoms with Crippen LogP contribution in [0.15, 0.2) is 48.5 Å². The van der Waals surface area contributed by atoms with Gasteiger partial charge in [0.25, 0.3) is 11.8 Å². The first-order chi connectivity index (χ1) is 16.0. The van der Waals surface area contributed by atoms with Gasteiger partial charge in [0, 0.05) is 42.5 Å². The number of methoxy groups -OCH3 is 1. The molecule has 9 nitrogen and oxygen atoms in total. The average molecular weight is 445 g/mol. The number of primary amides is 1. The van der Waals surface area contributed by atoms with Crippen LogP contribution in [-0.4, -0.2) is 47.7 Å². The van der Waals surface area contributed by atoms with Crippen LogP contribution in [-0.2, 0) is 11.2 Å². The van der Waals surface area contributed by atoms with E-state index in [1.165, 1.54) is 4.68 Å². The lowest BCUT2D eigenvalue weighted by atomic mass is 10.0. The zero-order valence-electron chi connectivity index (χ0n) is 18.2. The SMILES string of the molecule is COc1cccc(-n2nc(C(N)=O)c3c2C(=O)N(c2ccc(N4CCCC4=O)cc2)CC3)c1. The highest BCUT2D eigenvalue weighted by Crippen LogP contribution is 2.31. The molecule has 0 saturated carbocycles. The molecule has 3 amide bonds. The summed E-state index contributed by atoms with van der Waals surface area (Å²) in [6.45, 7) is 1.09. The van der Waals surface area contributed by atoms with E-state index in [9.17, 15) is 14.4 Å². The summed E-state index contributed by atoms with van der Waals surface area (Å²) in [5.41, 5.74) is 8.65. The van der Waals surface area contributed by atoms with Gasteiger partial charge in [-0.25, -0.2) is 4.68 Å². The Bertz CT molecular complexity index is 1260. The molecule has 0 atom stereocenters. The molecule has 0 bridgehead atoms. The molecule has 2 aromatic carbocycles. The normalized spacial score (nSPS) is 15.7. The topological polar surface area (TPSA) is 111 Å². The minimum absolute atomic E-state index is 0.101. The van der Waals surface area contributed by atoms with Gasteiger partial charge in [0.2, 0.25) is 5.91 Å². The lowest BCUT2D eigenvalue weighted by Gasteiger charge is -2.28. The lowest BCUT2D eigenvalue weighted by molar-refractivity contribution is -0.117. The number of nitrogens with zero attached hydrogens (tertiary/aromatic N) is 4. The third kappa shape index (κ3) is 3.51. The Hall–Kier alpha value is -4.14. The van der Waals surface area contributed by atoms with Gasteiger partial charge in [0.1, 0.15) is 11.4 Å². The van der Waals surface area contributed by atoms with E-state index in [-0.39, 0.29) is 17.5 Å². The zero-order valence-corrected chi connectivity index (χ0v) is 18.2. The van der Waals surface area contributed by atoms with Crippen LogP contribution in [0.2, 0.25) is 0 Å². The molecule has 0 aliphatic carbocycles. The van der Waals surface area contributed by atoms with Crippen molar-refractivity contribution in [1.29, 1.82) is 0 Å². The molecule has 0 spiro atoms. The smallest absolute Gasteiger partial charge is 0.277 e. The van der Waals surface area contributed by atoms with Crippen molar-refractivity contribution in [3.8, 4) is 11.4 Å². The van der Waals surface area contributed by atoms with Gasteiger partial charge < -0.3 is 20.3 Å². The van der Waals surface area contributed by atoms with Crippen LogP contribution in [0.5, 0.6) is 5.75 Å². The Morgan fingerprint density at radius 3 is 2.33 bits per heavy atom. The molecule has 2 N–H and O–H groups in total. The van der Waals surface area contributed by atoms with Crippen LogP contribution < -0.4 is 20.3 Å². The van der Waals surface area contributed by atoms with Crippen LogP contribution in [0.1, 0.15) is 39.4 Å². The minimum atomic E-state index is -0.672. The first-order valence-electron chi connectivity index (χ1n) is 10.8. The third-order valence-corrected chi connectivity index (χ3v) is 6.09. The van der Waals surface area contributed by atoms with Gasteiger partial charge in [0.15, 0.2) is 5.69 Å². The number of fused-ring (bicyclic) bond motifs is 1. The molecule has 168 valence electrons. The van der Waals surface area contributed by atoms with E-state index < -0.39 is 5.91 Å². The third-order valence-electron chi connectivity index (χ3n) is 6.09. The molecule has 3 heterocycles. The molecule has 1 fully saturated rings. The molecule has 33 heavy (non-hydrogen) atoms. The van der Waals surface area contributed by atoms with Crippen molar-refractivity contribution in [3.05, 3.63) is 65.5 Å². The Labute approximate surface area is 190 Å². The van der Waals surface area contributed by atoms with Crippen molar-refractivity contribution in [1.82, 2.24) is 9.78 Å². The Balaban J connectivity index is 1.53. The first kappa shape index (κ1) is 20.7. The van der Waals surface area contributed by atoms with Crippen LogP contribution in [0, 0.1) is 0 Å². The number of anilines is 2. The van der Waals surface area contributed by atoms with E-state index in [1.54, 1.807) is 41.2 Å². The van der Waals surface area contributed by atoms with Gasteiger partial charge in [-0.15, -0.1) is 0 Å². The maximum absolute atomic E-state index is 13.6. The summed E-state index contributed by atoms with van der Waals surface area (Å²) >= 11 is 0. The lowest BCUT2D eigenvalue weighted by Crippen LogP contribution is -2.39. The van der Waals surface area contributed by atoms with Crippen molar-refractivity contribution in [2.24, 2.45) is 5.73 Å². The average Bonchev–Trinajstić information content (AvgIpc) is 3.44. The summed E-state index contributed by atoms with van der Waals surface area (Å²) in [5.74, 6) is -0.231. The molecule has 0 radical (unpaired) electrons. The molecule has 9 heteroatoms. The van der Waals surface area contributed by atoms with E-state index in [0.717, 1.165) is 12.1 Å². The predicted octanol–water partition coefficient (Wildman–Crippen LogP) is 2.31. The quantitative estimate of drug-likeness (QED) is 0.648. The van der Waals surface area contributed by atoms with Gasteiger partial charge in [-0.2, -0.15) is 5.10 Å². The maximum atomic E-state index is 13.6. The molecular formula is C24H23N5O4. The van der Waals surface area contributed by atoms with Gasteiger partial charge in [-0.1, -0.05) is 6.07 Å². The molecule has 1 saturated heterocycles. The fourth-order valence-electron chi connectivity index (χ4n) is 4.47. The zero-order chi connectivity index (χ0) is 23.1. The number of rotatable bonds is 5. The second-order valence-corrected chi connectivity index (χ2v) is 8.03. The molecular weight excluding hydrogens is 422 g/mol. The number of benzene rings is 2. The number of aromatic nitrogens is 2. The molecule has 2 aliphatic rings. The van der Waals surface area contributed by atoms with E-state index in [4.69, 9.17) is 10.5 Å². The van der Waals surface area contributed by atoms with Crippen LogP contribution in [0.4, 0.5) is 11.4 Å². The molecule has 5 rings (SSSR count). The van der Waals surface area contributed by atoms with Crippen LogP contribution in [0.3, 0.4) is 0 Å². The van der Waals surface area contributed by atoms with Gasteiger partial charge in [-0.3, -0.25) is 14.4 Å². The van der Waals surface area contributed by atoms with Crippen molar-refractivity contribution in [2.45, 2.75) is 19.3 Å². The van der Waals surface area contributed by atoms with Gasteiger partial charge >= 0.3 is 0 Å². The highest BCUT2D eigenvalue weighted by molar-refractivity contribution is 6.09. The van der Waals surface area contributed by atoms with E-state index in [2.05, 4.69) is 5.10 Å². The Kier molecular flexibility index (Phi) is 5.08. The number of carbonyl (C=O) groups excluding carboxylic acids is 3. The summed E-state index contributed by atoms with van der Waals surface area (Å²) < 4.78 is 6.76. The number of carbonyl (C=O) groups is 3. The number of hydrogen-bond donors (Lipinski definition) is 1. The summed E-state index contributed by atoms with van der Waals surface area (Å²) in [5, 5.41) is 4.39. The largest absolute Gasteiger partial charge is 0.497 e. The number of amides is 3. The summed E-state index contributed by atoms with van der Waals surface area (Å²) in [6.07, 6.45) is 1.85. The predicted molar refractivity (Wildman–Crippen MR) is 122 cm³/mol. The second-order valence-electron chi connectivity index (χ2n) is 8.03. The first-order valence-corrected chi connectivity index (χ1v) is 10.8. The maximum Gasteiger partial charge on any atom is 0.277 e. The fourth-order valence-corrected chi connectivity index (χ4v) is 4.47. The minimum Gasteiger partial charge on any atom is -0.497 e. The Morgan fingerprint density at radius 1 is 0.970 bits per heavy atom. The highest BCUT2D eigenvalue weighted by atomic mass is 16.5. The van der Waals surface area contributed by atoms with Crippen molar-refractivity contribution in [2.75, 3.05) is 30.0 Å². The fraction of sp³-hybridized carbons (Fsp3) is 0.250.